The van der Waals surface area contributed by atoms with Crippen LogP contribution in [0.1, 0.15) is 13.8 Å². The van der Waals surface area contributed by atoms with Crippen LogP contribution >= 0.6 is 0 Å². The highest BCUT2D eigenvalue weighted by atomic mass is 16.5. The Hall–Kier alpha value is -1.51. The summed E-state index contributed by atoms with van der Waals surface area (Å²) in [5.41, 5.74) is 1.25. The average molecular weight is 209 g/mol. The number of esters is 1. The second-order valence-corrected chi connectivity index (χ2v) is 3.44. The van der Waals surface area contributed by atoms with Gasteiger partial charge in [0.25, 0.3) is 0 Å². The molecule has 84 valence electrons. The highest BCUT2D eigenvalue weighted by Crippen LogP contribution is 1.91. The molecule has 0 rings (SSSR count). The van der Waals surface area contributed by atoms with Gasteiger partial charge in [0.15, 0.2) is 0 Å². The van der Waals surface area contributed by atoms with Crippen molar-refractivity contribution in [3.63, 3.8) is 0 Å². The molecule has 0 aromatic carbocycles. The lowest BCUT2D eigenvalue weighted by atomic mass is 10.3. The molecular weight excluding hydrogens is 190 g/mol. The molecule has 0 saturated carbocycles. The second-order valence-electron chi connectivity index (χ2n) is 3.44. The molecule has 0 aliphatic heterocycles. The first kappa shape index (κ1) is 13.5. The van der Waals surface area contributed by atoms with Crippen LogP contribution in [0.4, 0.5) is 0 Å². The van der Waals surface area contributed by atoms with Crippen LogP contribution in [0.5, 0.6) is 0 Å². The quantitative estimate of drug-likeness (QED) is 0.381. The van der Waals surface area contributed by atoms with Crippen molar-refractivity contribution in [2.24, 2.45) is 0 Å². The maximum absolute atomic E-state index is 10.7. The first-order valence-corrected chi connectivity index (χ1v) is 4.87. The Kier molecular flexibility index (Phi) is 7.06. The third-order valence-electron chi connectivity index (χ3n) is 1.63. The fourth-order valence-corrected chi connectivity index (χ4v) is 0.806. The number of likely N-dealkylation sites (N-methyl/N-ethyl adjacent to an activating group) is 1. The molecule has 3 heteroatoms. The molecule has 0 aromatic rings. The van der Waals surface area contributed by atoms with Gasteiger partial charge in [-0.05, 0) is 26.1 Å². The monoisotopic (exact) mass is 209 g/mol. The molecule has 0 amide bonds. The first-order valence-electron chi connectivity index (χ1n) is 4.87. The minimum absolute atomic E-state index is 0.376. The third kappa shape index (κ3) is 8.81. The van der Waals surface area contributed by atoms with Crippen molar-refractivity contribution in [1.82, 2.24) is 4.90 Å². The summed E-state index contributed by atoms with van der Waals surface area (Å²) in [6.45, 7) is 8.44. The van der Waals surface area contributed by atoms with E-state index in [0.717, 1.165) is 0 Å². The molecule has 15 heavy (non-hydrogen) atoms. The highest BCUT2D eigenvalue weighted by Gasteiger charge is 1.95. The normalized spacial score (nSPS) is 9.80. The molecule has 0 fully saturated rings. The van der Waals surface area contributed by atoms with Gasteiger partial charge in [0.1, 0.15) is 6.61 Å². The summed E-state index contributed by atoms with van der Waals surface area (Å²) < 4.78 is 4.84. The van der Waals surface area contributed by atoms with Gasteiger partial charge in [-0.15, -0.1) is 0 Å². The summed E-state index contributed by atoms with van der Waals surface area (Å²) in [5, 5.41) is 0. The van der Waals surface area contributed by atoms with Crippen LogP contribution in [0.15, 0.2) is 36.6 Å². The first-order chi connectivity index (χ1) is 7.06. The van der Waals surface area contributed by atoms with Gasteiger partial charge in [-0.3, -0.25) is 0 Å². The van der Waals surface area contributed by atoms with Crippen LogP contribution in [-0.2, 0) is 9.53 Å². The molecule has 0 radical (unpaired) electrons. The van der Waals surface area contributed by atoms with Gasteiger partial charge in [-0.1, -0.05) is 18.2 Å². The molecule has 0 N–H and O–H groups in total. The zero-order chi connectivity index (χ0) is 11.7. The molecule has 0 aliphatic carbocycles. The van der Waals surface area contributed by atoms with Crippen molar-refractivity contribution in [1.29, 1.82) is 0 Å². The fraction of sp³-hybridized carbons (Fsp3) is 0.417. The van der Waals surface area contributed by atoms with E-state index in [4.69, 9.17) is 4.74 Å². The topological polar surface area (TPSA) is 29.5 Å². The lowest BCUT2D eigenvalue weighted by molar-refractivity contribution is -0.137. The van der Waals surface area contributed by atoms with E-state index in [1.807, 2.05) is 44.1 Å². The number of carbonyl (C=O) groups is 1. The lowest BCUT2D eigenvalue weighted by Crippen LogP contribution is -2.18. The summed E-state index contributed by atoms with van der Waals surface area (Å²) in [7, 11) is 1.93. The Morgan fingerprint density at radius 3 is 2.67 bits per heavy atom. The van der Waals surface area contributed by atoms with Crippen molar-refractivity contribution >= 4 is 5.97 Å². The Bertz CT molecular complexity index is 263. The van der Waals surface area contributed by atoms with Crippen LogP contribution < -0.4 is 0 Å². The van der Waals surface area contributed by atoms with Gasteiger partial charge in [0, 0.05) is 13.1 Å². The smallest absolute Gasteiger partial charge is 0.330 e. The van der Waals surface area contributed by atoms with Crippen LogP contribution in [0.25, 0.3) is 0 Å². The maximum atomic E-state index is 10.7. The van der Waals surface area contributed by atoms with E-state index in [0.29, 0.717) is 13.2 Å². The van der Waals surface area contributed by atoms with E-state index in [9.17, 15) is 4.79 Å². The molecule has 0 unspecified atom stereocenters. The van der Waals surface area contributed by atoms with Crippen molar-refractivity contribution in [3.8, 4) is 0 Å². The van der Waals surface area contributed by atoms with Gasteiger partial charge < -0.3 is 9.64 Å². The Balaban J connectivity index is 3.70. The van der Waals surface area contributed by atoms with E-state index < -0.39 is 0 Å². The van der Waals surface area contributed by atoms with Gasteiger partial charge in [-0.2, -0.15) is 0 Å². The van der Waals surface area contributed by atoms with E-state index >= 15 is 0 Å². The molecule has 0 heterocycles. The number of hydrogen-bond acceptors (Lipinski definition) is 3. The van der Waals surface area contributed by atoms with Gasteiger partial charge >= 0.3 is 5.97 Å². The number of rotatable bonds is 6. The molecule has 0 atom stereocenters. The van der Waals surface area contributed by atoms with E-state index in [1.54, 1.807) is 0 Å². The summed E-state index contributed by atoms with van der Waals surface area (Å²) in [4.78, 5) is 12.7. The van der Waals surface area contributed by atoms with Crippen LogP contribution in [-0.4, -0.2) is 31.1 Å². The zero-order valence-electron chi connectivity index (χ0n) is 9.69. The minimum atomic E-state index is -0.378. The van der Waals surface area contributed by atoms with Crippen LogP contribution in [0, 0.1) is 0 Å². The van der Waals surface area contributed by atoms with Gasteiger partial charge in [0.05, 0.1) is 6.54 Å². The largest absolute Gasteiger partial charge is 0.461 e. The molecule has 0 saturated heterocycles. The standard InChI is InChI=1S/C12H19NO2/c1-5-12(14)15-10-9-13(4)8-6-7-11(2)3/h5-8H,1,9-10H2,2-4H3/b8-6+. The van der Waals surface area contributed by atoms with Crippen molar-refractivity contribution in [2.45, 2.75) is 13.8 Å². The third-order valence-corrected chi connectivity index (χ3v) is 1.63. The SMILES string of the molecule is C=CC(=O)OCCN(C)/C=C/C=C(C)C. The molecular formula is C12H19NO2. The Morgan fingerprint density at radius 2 is 2.13 bits per heavy atom. The second kappa shape index (κ2) is 7.85. The summed E-state index contributed by atoms with van der Waals surface area (Å²) in [6, 6.07) is 0. The predicted octanol–water partition coefficient (Wildman–Crippen LogP) is 2.13. The lowest BCUT2D eigenvalue weighted by Gasteiger charge is -2.12. The molecule has 3 nitrogen and oxygen atoms in total. The molecule has 0 spiro atoms. The maximum Gasteiger partial charge on any atom is 0.330 e. The van der Waals surface area contributed by atoms with E-state index in [2.05, 4.69) is 6.58 Å². The van der Waals surface area contributed by atoms with Crippen molar-refractivity contribution in [3.05, 3.63) is 36.6 Å². The molecule has 0 aromatic heterocycles. The Labute approximate surface area is 91.7 Å². The Morgan fingerprint density at radius 1 is 1.47 bits per heavy atom. The highest BCUT2D eigenvalue weighted by molar-refractivity contribution is 5.81. The molecule has 0 bridgehead atoms. The summed E-state index contributed by atoms with van der Waals surface area (Å²) >= 11 is 0. The summed E-state index contributed by atoms with van der Waals surface area (Å²) in [5.74, 6) is -0.378. The minimum Gasteiger partial charge on any atom is -0.461 e. The van der Waals surface area contributed by atoms with Crippen molar-refractivity contribution < 1.29 is 9.53 Å². The van der Waals surface area contributed by atoms with E-state index in [1.165, 1.54) is 11.6 Å². The number of allylic oxidation sites excluding steroid dienone is 3. The van der Waals surface area contributed by atoms with Crippen LogP contribution in [0.3, 0.4) is 0 Å². The number of carbonyl (C=O) groups excluding carboxylic acids is 1. The van der Waals surface area contributed by atoms with Crippen LogP contribution in [0.2, 0.25) is 0 Å². The zero-order valence-corrected chi connectivity index (χ0v) is 9.69. The van der Waals surface area contributed by atoms with Gasteiger partial charge in [-0.25, -0.2) is 4.79 Å². The fourth-order valence-electron chi connectivity index (χ4n) is 0.806. The van der Waals surface area contributed by atoms with E-state index in [-0.39, 0.29) is 5.97 Å². The molecule has 0 aliphatic rings. The number of nitrogens with zero attached hydrogens (tertiary/aromatic N) is 1. The summed E-state index contributed by atoms with van der Waals surface area (Å²) in [6.07, 6.45) is 7.09. The van der Waals surface area contributed by atoms with Crippen molar-refractivity contribution in [2.75, 3.05) is 20.2 Å². The van der Waals surface area contributed by atoms with Gasteiger partial charge in [0.2, 0.25) is 0 Å². The number of hydrogen-bond donors (Lipinski definition) is 0. The average Bonchev–Trinajstić information content (AvgIpc) is 2.17. The number of ether oxygens (including phenoxy) is 1. The predicted molar refractivity (Wildman–Crippen MR) is 62.4 cm³/mol.